The van der Waals surface area contributed by atoms with Gasteiger partial charge in [0.2, 0.25) is 5.78 Å². The highest BCUT2D eigenvalue weighted by atomic mass is 16.3. The summed E-state index contributed by atoms with van der Waals surface area (Å²) in [5, 5.41) is 1.92. The molecule has 0 radical (unpaired) electrons. The predicted molar refractivity (Wildman–Crippen MR) is 111 cm³/mol. The zero-order chi connectivity index (χ0) is 19.2. The summed E-state index contributed by atoms with van der Waals surface area (Å²) < 4.78 is 6.12. The van der Waals surface area contributed by atoms with E-state index in [4.69, 9.17) is 4.42 Å². The number of hydrogen-bond acceptors (Lipinski definition) is 3. The number of unbranched alkanes of at least 4 members (excludes halogenated alkanes) is 4. The minimum absolute atomic E-state index is 0.404. The molecule has 27 heavy (non-hydrogen) atoms. The summed E-state index contributed by atoms with van der Waals surface area (Å²) >= 11 is 0. The fourth-order valence-electron chi connectivity index (χ4n) is 3.76. The molecule has 0 bridgehead atoms. The number of rotatable bonds is 10. The SMILES string of the molecule is CCCCCc1ccc2c(c1)oc1c(C(=O)C=O)c(CCCCC)ccc12. The van der Waals surface area contributed by atoms with E-state index in [1.165, 1.54) is 24.8 Å². The number of benzene rings is 2. The third-order valence-electron chi connectivity index (χ3n) is 5.26. The van der Waals surface area contributed by atoms with Crippen LogP contribution in [0.2, 0.25) is 0 Å². The molecular formula is C24H28O3. The summed E-state index contributed by atoms with van der Waals surface area (Å²) in [5.74, 6) is -0.491. The Morgan fingerprint density at radius 2 is 1.63 bits per heavy atom. The Morgan fingerprint density at radius 3 is 2.33 bits per heavy atom. The number of Topliss-reactive ketones (excluding diaryl/α,β-unsaturated/α-hetero) is 1. The first-order chi connectivity index (χ1) is 13.2. The number of carbonyl (C=O) groups excluding carboxylic acids is 2. The second-order valence-electron chi connectivity index (χ2n) is 7.31. The molecule has 3 aromatic rings. The first kappa shape index (κ1) is 19.3. The molecule has 0 aliphatic rings. The van der Waals surface area contributed by atoms with Crippen molar-refractivity contribution < 1.29 is 14.0 Å². The van der Waals surface area contributed by atoms with Gasteiger partial charge in [0.25, 0.3) is 0 Å². The van der Waals surface area contributed by atoms with Gasteiger partial charge in [0.15, 0.2) is 6.29 Å². The molecule has 1 heterocycles. The number of aryl methyl sites for hydroxylation is 2. The normalized spacial score (nSPS) is 11.3. The van der Waals surface area contributed by atoms with Gasteiger partial charge in [-0.3, -0.25) is 9.59 Å². The lowest BCUT2D eigenvalue weighted by atomic mass is 9.96. The molecule has 0 fully saturated rings. The Balaban J connectivity index is 2.06. The Morgan fingerprint density at radius 1 is 0.926 bits per heavy atom. The number of aldehydes is 1. The van der Waals surface area contributed by atoms with Gasteiger partial charge in [-0.1, -0.05) is 63.8 Å². The van der Waals surface area contributed by atoms with Crippen LogP contribution in [-0.2, 0) is 17.6 Å². The Kier molecular flexibility index (Phi) is 6.44. The van der Waals surface area contributed by atoms with Crippen molar-refractivity contribution in [3.05, 3.63) is 47.0 Å². The Bertz CT molecular complexity index is 949. The van der Waals surface area contributed by atoms with E-state index in [-0.39, 0.29) is 0 Å². The van der Waals surface area contributed by atoms with Crippen LogP contribution in [0, 0.1) is 0 Å². The summed E-state index contributed by atoms with van der Waals surface area (Å²) in [6.45, 7) is 4.35. The smallest absolute Gasteiger partial charge is 0.229 e. The maximum atomic E-state index is 12.4. The van der Waals surface area contributed by atoms with Crippen LogP contribution in [0.5, 0.6) is 0 Å². The summed E-state index contributed by atoms with van der Waals surface area (Å²) in [5.41, 5.74) is 3.96. The summed E-state index contributed by atoms with van der Waals surface area (Å²) in [7, 11) is 0. The minimum Gasteiger partial charge on any atom is -0.455 e. The largest absolute Gasteiger partial charge is 0.455 e. The van der Waals surface area contributed by atoms with Crippen LogP contribution < -0.4 is 0 Å². The highest BCUT2D eigenvalue weighted by Gasteiger charge is 2.20. The van der Waals surface area contributed by atoms with Gasteiger partial charge in [-0.25, -0.2) is 0 Å². The summed E-state index contributed by atoms with van der Waals surface area (Å²) in [6, 6.07) is 10.3. The van der Waals surface area contributed by atoms with Crippen molar-refractivity contribution in [1.82, 2.24) is 0 Å². The van der Waals surface area contributed by atoms with Crippen molar-refractivity contribution >= 4 is 34.0 Å². The number of hydrogen-bond donors (Lipinski definition) is 0. The van der Waals surface area contributed by atoms with Crippen LogP contribution in [0.1, 0.15) is 73.9 Å². The maximum absolute atomic E-state index is 12.4. The number of ketones is 1. The first-order valence-electron chi connectivity index (χ1n) is 10.2. The third kappa shape index (κ3) is 4.13. The highest BCUT2D eigenvalue weighted by molar-refractivity contribution is 6.37. The topological polar surface area (TPSA) is 47.3 Å². The quantitative estimate of drug-likeness (QED) is 0.180. The average molecular weight is 364 g/mol. The van der Waals surface area contributed by atoms with Gasteiger partial charge in [-0.15, -0.1) is 0 Å². The Hall–Kier alpha value is -2.42. The molecule has 0 amide bonds. The molecule has 0 saturated carbocycles. The van der Waals surface area contributed by atoms with Gasteiger partial charge >= 0.3 is 0 Å². The van der Waals surface area contributed by atoms with Crippen LogP contribution in [0.4, 0.5) is 0 Å². The maximum Gasteiger partial charge on any atom is 0.229 e. The van der Waals surface area contributed by atoms with E-state index in [1.807, 2.05) is 12.1 Å². The predicted octanol–water partition coefficient (Wildman–Crippen LogP) is 6.43. The van der Waals surface area contributed by atoms with E-state index in [0.717, 1.165) is 54.0 Å². The van der Waals surface area contributed by atoms with Crippen molar-refractivity contribution in [3.8, 4) is 0 Å². The van der Waals surface area contributed by atoms with Crippen LogP contribution in [0.3, 0.4) is 0 Å². The zero-order valence-corrected chi connectivity index (χ0v) is 16.3. The molecule has 0 N–H and O–H groups in total. The van der Waals surface area contributed by atoms with Crippen molar-refractivity contribution in [1.29, 1.82) is 0 Å². The molecule has 1 aromatic heterocycles. The fraction of sp³-hybridized carbons (Fsp3) is 0.417. The summed E-state index contributed by atoms with van der Waals surface area (Å²) in [6.07, 6.45) is 9.03. The molecule has 3 nitrogen and oxygen atoms in total. The first-order valence-corrected chi connectivity index (χ1v) is 10.2. The highest BCUT2D eigenvalue weighted by Crippen LogP contribution is 2.34. The van der Waals surface area contributed by atoms with E-state index in [0.29, 0.717) is 17.4 Å². The fourth-order valence-corrected chi connectivity index (χ4v) is 3.76. The standard InChI is InChI=1S/C24H28O3/c1-3-5-7-9-17-11-13-19-20-14-12-18(10-8-6-4-2)23(21(26)16-25)24(20)27-22(19)15-17/h11-16H,3-10H2,1-2H3. The molecular weight excluding hydrogens is 336 g/mol. The molecule has 0 saturated heterocycles. The lowest BCUT2D eigenvalue weighted by molar-refractivity contribution is -0.104. The molecule has 0 atom stereocenters. The van der Waals surface area contributed by atoms with E-state index >= 15 is 0 Å². The molecule has 0 unspecified atom stereocenters. The van der Waals surface area contributed by atoms with Gasteiger partial charge < -0.3 is 4.42 Å². The van der Waals surface area contributed by atoms with E-state index in [2.05, 4.69) is 32.0 Å². The molecule has 0 aliphatic carbocycles. The van der Waals surface area contributed by atoms with E-state index in [9.17, 15) is 9.59 Å². The lowest BCUT2D eigenvalue weighted by Gasteiger charge is -2.07. The second-order valence-corrected chi connectivity index (χ2v) is 7.31. The van der Waals surface area contributed by atoms with Crippen LogP contribution in [0.15, 0.2) is 34.7 Å². The van der Waals surface area contributed by atoms with E-state index in [1.54, 1.807) is 0 Å². The molecule has 142 valence electrons. The zero-order valence-electron chi connectivity index (χ0n) is 16.3. The number of carbonyl (C=O) groups is 2. The average Bonchev–Trinajstić information content (AvgIpc) is 3.05. The Labute approximate surface area is 160 Å². The van der Waals surface area contributed by atoms with Crippen molar-refractivity contribution in [2.24, 2.45) is 0 Å². The number of furan rings is 1. The number of fused-ring (bicyclic) bond motifs is 3. The molecule has 0 aliphatic heterocycles. The van der Waals surface area contributed by atoms with Crippen molar-refractivity contribution in [2.75, 3.05) is 0 Å². The van der Waals surface area contributed by atoms with Crippen LogP contribution in [0.25, 0.3) is 21.9 Å². The molecule has 2 aromatic carbocycles. The van der Waals surface area contributed by atoms with Gasteiger partial charge in [-0.2, -0.15) is 0 Å². The lowest BCUT2D eigenvalue weighted by Crippen LogP contribution is -2.05. The van der Waals surface area contributed by atoms with Gasteiger partial charge in [0, 0.05) is 10.8 Å². The van der Waals surface area contributed by atoms with Crippen LogP contribution in [-0.4, -0.2) is 12.1 Å². The summed E-state index contributed by atoms with van der Waals surface area (Å²) in [4.78, 5) is 23.6. The van der Waals surface area contributed by atoms with Gasteiger partial charge in [0.05, 0.1) is 5.56 Å². The minimum atomic E-state index is -0.491. The van der Waals surface area contributed by atoms with Gasteiger partial charge in [0.1, 0.15) is 11.2 Å². The van der Waals surface area contributed by atoms with Crippen molar-refractivity contribution in [3.63, 3.8) is 0 Å². The molecule has 3 heteroatoms. The van der Waals surface area contributed by atoms with Gasteiger partial charge in [-0.05, 0) is 42.9 Å². The van der Waals surface area contributed by atoms with Crippen molar-refractivity contribution in [2.45, 2.75) is 65.2 Å². The molecule has 3 rings (SSSR count). The monoisotopic (exact) mass is 364 g/mol. The van der Waals surface area contributed by atoms with E-state index < -0.39 is 5.78 Å². The van der Waals surface area contributed by atoms with Crippen LogP contribution >= 0.6 is 0 Å². The third-order valence-corrected chi connectivity index (χ3v) is 5.26. The second kappa shape index (κ2) is 8.98. The molecule has 0 spiro atoms.